The van der Waals surface area contributed by atoms with Crippen LogP contribution in [-0.4, -0.2) is 47.0 Å². The number of anilines is 1. The Morgan fingerprint density at radius 3 is 2.76 bits per heavy atom. The summed E-state index contributed by atoms with van der Waals surface area (Å²) in [5.41, 5.74) is 5.70. The number of nitrogen functional groups attached to an aromatic ring is 1. The number of amides is 1. The fourth-order valence-corrected chi connectivity index (χ4v) is 1.88. The number of carbonyl (C=O) groups is 1. The molecule has 0 aliphatic carbocycles. The number of hydrogen-bond acceptors (Lipinski definition) is 5. The van der Waals surface area contributed by atoms with E-state index in [1.54, 1.807) is 0 Å². The van der Waals surface area contributed by atoms with E-state index < -0.39 is 0 Å². The molecule has 1 aliphatic heterocycles. The van der Waals surface area contributed by atoms with Crippen molar-refractivity contribution >= 4 is 11.7 Å². The molecule has 1 aromatic heterocycles. The molecule has 0 spiro atoms. The van der Waals surface area contributed by atoms with Gasteiger partial charge < -0.3 is 16.0 Å². The number of carbonyl (C=O) groups excluding carboxylic acids is 1. The molecule has 2 rings (SSSR count). The van der Waals surface area contributed by atoms with Gasteiger partial charge in [-0.2, -0.15) is 0 Å². The van der Waals surface area contributed by atoms with Crippen molar-refractivity contribution in [2.75, 3.05) is 31.9 Å². The van der Waals surface area contributed by atoms with Crippen LogP contribution in [0, 0.1) is 0 Å². The molecule has 1 aromatic rings. The van der Waals surface area contributed by atoms with Gasteiger partial charge in [0.1, 0.15) is 11.5 Å². The van der Waals surface area contributed by atoms with Crippen molar-refractivity contribution in [3.8, 4) is 0 Å². The van der Waals surface area contributed by atoms with Gasteiger partial charge in [0.25, 0.3) is 5.91 Å². The first kappa shape index (κ1) is 11.8. The third kappa shape index (κ3) is 3.39. The minimum Gasteiger partial charge on any atom is -0.382 e. The predicted molar refractivity (Wildman–Crippen MR) is 64.5 cm³/mol. The molecule has 0 aromatic carbocycles. The summed E-state index contributed by atoms with van der Waals surface area (Å²) in [4.78, 5) is 21.7. The summed E-state index contributed by atoms with van der Waals surface area (Å²) >= 11 is 0. The topological polar surface area (TPSA) is 84.1 Å². The summed E-state index contributed by atoms with van der Waals surface area (Å²) in [6.07, 6.45) is 5.30. The van der Waals surface area contributed by atoms with Crippen molar-refractivity contribution in [1.29, 1.82) is 0 Å². The van der Waals surface area contributed by atoms with Gasteiger partial charge in [-0.25, -0.2) is 9.97 Å². The Balaban J connectivity index is 1.75. The summed E-state index contributed by atoms with van der Waals surface area (Å²) in [6, 6.07) is 0. The second kappa shape index (κ2) is 5.58. The smallest absolute Gasteiger partial charge is 0.271 e. The van der Waals surface area contributed by atoms with Gasteiger partial charge in [-0.15, -0.1) is 0 Å². The SMILES string of the molecule is Nc1cnc(C(=O)NCCN2CCCC2)cn1. The lowest BCUT2D eigenvalue weighted by Crippen LogP contribution is -2.33. The van der Waals surface area contributed by atoms with E-state index in [1.165, 1.54) is 25.2 Å². The van der Waals surface area contributed by atoms with E-state index >= 15 is 0 Å². The van der Waals surface area contributed by atoms with E-state index in [4.69, 9.17) is 5.73 Å². The van der Waals surface area contributed by atoms with Crippen LogP contribution >= 0.6 is 0 Å². The van der Waals surface area contributed by atoms with Crippen molar-refractivity contribution in [1.82, 2.24) is 20.2 Å². The Morgan fingerprint density at radius 2 is 2.12 bits per heavy atom. The van der Waals surface area contributed by atoms with Crippen LogP contribution in [0.1, 0.15) is 23.3 Å². The van der Waals surface area contributed by atoms with E-state index in [0.717, 1.165) is 19.6 Å². The molecule has 1 aliphatic rings. The van der Waals surface area contributed by atoms with Gasteiger partial charge in [-0.3, -0.25) is 4.79 Å². The molecule has 2 heterocycles. The van der Waals surface area contributed by atoms with E-state index in [9.17, 15) is 4.79 Å². The molecule has 0 unspecified atom stereocenters. The Morgan fingerprint density at radius 1 is 1.35 bits per heavy atom. The average molecular weight is 235 g/mol. The first-order valence-corrected chi connectivity index (χ1v) is 5.84. The van der Waals surface area contributed by atoms with E-state index in [2.05, 4.69) is 20.2 Å². The van der Waals surface area contributed by atoms with Crippen LogP contribution in [0.3, 0.4) is 0 Å². The third-order valence-corrected chi connectivity index (χ3v) is 2.82. The Bertz CT molecular complexity index is 372. The predicted octanol–water partition coefficient (Wildman–Crippen LogP) is -0.116. The van der Waals surface area contributed by atoms with Crippen LogP contribution in [0.15, 0.2) is 12.4 Å². The summed E-state index contributed by atoms with van der Waals surface area (Å²) in [7, 11) is 0. The first-order valence-electron chi connectivity index (χ1n) is 5.84. The molecule has 1 fully saturated rings. The van der Waals surface area contributed by atoms with Crippen LogP contribution in [-0.2, 0) is 0 Å². The summed E-state index contributed by atoms with van der Waals surface area (Å²) in [6.45, 7) is 3.81. The highest BCUT2D eigenvalue weighted by molar-refractivity contribution is 5.91. The molecule has 6 heteroatoms. The maximum atomic E-state index is 11.7. The zero-order valence-corrected chi connectivity index (χ0v) is 9.72. The van der Waals surface area contributed by atoms with Crippen molar-refractivity contribution in [2.24, 2.45) is 0 Å². The maximum Gasteiger partial charge on any atom is 0.271 e. The Kier molecular flexibility index (Phi) is 3.87. The van der Waals surface area contributed by atoms with Crippen molar-refractivity contribution in [3.63, 3.8) is 0 Å². The van der Waals surface area contributed by atoms with E-state index in [-0.39, 0.29) is 5.91 Å². The van der Waals surface area contributed by atoms with Gasteiger partial charge in [-0.1, -0.05) is 0 Å². The lowest BCUT2D eigenvalue weighted by atomic mass is 10.4. The molecule has 0 saturated carbocycles. The van der Waals surface area contributed by atoms with Crippen molar-refractivity contribution < 1.29 is 4.79 Å². The molecule has 0 atom stereocenters. The van der Waals surface area contributed by atoms with Crippen LogP contribution in [0.4, 0.5) is 5.82 Å². The maximum absolute atomic E-state index is 11.7. The quantitative estimate of drug-likeness (QED) is 0.760. The van der Waals surface area contributed by atoms with Crippen LogP contribution in [0.5, 0.6) is 0 Å². The minimum atomic E-state index is -0.198. The molecular weight excluding hydrogens is 218 g/mol. The number of nitrogens with zero attached hydrogens (tertiary/aromatic N) is 3. The lowest BCUT2D eigenvalue weighted by molar-refractivity contribution is 0.0944. The van der Waals surface area contributed by atoms with Crippen LogP contribution in [0.25, 0.3) is 0 Å². The zero-order valence-electron chi connectivity index (χ0n) is 9.72. The second-order valence-corrected chi connectivity index (χ2v) is 4.13. The fraction of sp³-hybridized carbons (Fsp3) is 0.545. The molecule has 1 amide bonds. The number of nitrogens with two attached hydrogens (primary N) is 1. The second-order valence-electron chi connectivity index (χ2n) is 4.13. The highest BCUT2D eigenvalue weighted by Crippen LogP contribution is 2.05. The molecule has 6 nitrogen and oxygen atoms in total. The molecule has 0 bridgehead atoms. The van der Waals surface area contributed by atoms with Gasteiger partial charge in [0.2, 0.25) is 0 Å². The zero-order chi connectivity index (χ0) is 12.1. The van der Waals surface area contributed by atoms with Gasteiger partial charge in [0.05, 0.1) is 12.4 Å². The molecule has 92 valence electrons. The van der Waals surface area contributed by atoms with Crippen LogP contribution < -0.4 is 11.1 Å². The van der Waals surface area contributed by atoms with Gasteiger partial charge in [-0.05, 0) is 25.9 Å². The van der Waals surface area contributed by atoms with Crippen molar-refractivity contribution in [2.45, 2.75) is 12.8 Å². The first-order chi connectivity index (χ1) is 8.25. The Hall–Kier alpha value is -1.69. The average Bonchev–Trinajstić information content (AvgIpc) is 2.83. The van der Waals surface area contributed by atoms with E-state index in [1.807, 2.05) is 0 Å². The number of hydrogen-bond donors (Lipinski definition) is 2. The molecular formula is C11H17N5O. The summed E-state index contributed by atoms with van der Waals surface area (Å²) < 4.78 is 0. The molecule has 17 heavy (non-hydrogen) atoms. The van der Waals surface area contributed by atoms with Gasteiger partial charge in [0, 0.05) is 13.1 Å². The highest BCUT2D eigenvalue weighted by atomic mass is 16.1. The number of aromatic nitrogens is 2. The van der Waals surface area contributed by atoms with Crippen molar-refractivity contribution in [3.05, 3.63) is 18.1 Å². The van der Waals surface area contributed by atoms with Gasteiger partial charge >= 0.3 is 0 Å². The largest absolute Gasteiger partial charge is 0.382 e. The molecule has 1 saturated heterocycles. The summed E-state index contributed by atoms with van der Waals surface area (Å²) in [5, 5.41) is 2.82. The van der Waals surface area contributed by atoms with Gasteiger partial charge in [0.15, 0.2) is 0 Å². The standard InChI is InChI=1S/C11H17N5O/c12-10-8-14-9(7-15-10)11(17)13-3-6-16-4-1-2-5-16/h7-8H,1-6H2,(H2,12,15)(H,13,17). The fourth-order valence-electron chi connectivity index (χ4n) is 1.88. The summed E-state index contributed by atoms with van der Waals surface area (Å²) in [5.74, 6) is 0.121. The van der Waals surface area contributed by atoms with E-state index in [0.29, 0.717) is 18.1 Å². The minimum absolute atomic E-state index is 0.198. The molecule has 0 radical (unpaired) electrons. The normalized spacial score (nSPS) is 16.0. The van der Waals surface area contributed by atoms with Crippen LogP contribution in [0.2, 0.25) is 0 Å². The number of likely N-dealkylation sites (tertiary alicyclic amines) is 1. The molecule has 3 N–H and O–H groups in total. The number of nitrogens with one attached hydrogen (secondary N) is 1. The highest BCUT2D eigenvalue weighted by Gasteiger charge is 2.12. The third-order valence-electron chi connectivity index (χ3n) is 2.82. The monoisotopic (exact) mass is 235 g/mol. The lowest BCUT2D eigenvalue weighted by Gasteiger charge is -2.14. The Labute approximate surface area is 100 Å². The number of rotatable bonds is 4.